The highest BCUT2D eigenvalue weighted by Crippen LogP contribution is 2.31. The molecule has 5 N–H and O–H groups in total. The molecule has 6 heteroatoms. The molecule has 3 rings (SSSR count). The maximum Gasteiger partial charge on any atom is 0.157 e. The number of hydrogen-bond acceptors (Lipinski definition) is 5. The lowest BCUT2D eigenvalue weighted by atomic mass is 9.89. The van der Waals surface area contributed by atoms with Crippen LogP contribution in [-0.4, -0.2) is 32.5 Å². The zero-order chi connectivity index (χ0) is 17.8. The van der Waals surface area contributed by atoms with Gasteiger partial charge in [-0.2, -0.15) is 0 Å². The second kappa shape index (κ2) is 9.26. The summed E-state index contributed by atoms with van der Waals surface area (Å²) in [4.78, 5) is 0. The van der Waals surface area contributed by atoms with Gasteiger partial charge in [-0.05, 0) is 61.1 Å². The Hall–Kier alpha value is -1.76. The summed E-state index contributed by atoms with van der Waals surface area (Å²) in [5, 5.41) is 42.5. The number of halogens is 1. The van der Waals surface area contributed by atoms with Crippen LogP contribution in [0, 0.1) is 0 Å². The summed E-state index contributed by atoms with van der Waals surface area (Å²) in [5.41, 5.74) is 1.79. The van der Waals surface area contributed by atoms with Crippen LogP contribution >= 0.6 is 17.0 Å². The van der Waals surface area contributed by atoms with E-state index in [1.807, 2.05) is 12.1 Å². The Labute approximate surface area is 164 Å². The lowest BCUT2D eigenvalue weighted by Crippen LogP contribution is -2.45. The normalized spacial score (nSPS) is 21.0. The summed E-state index contributed by atoms with van der Waals surface area (Å²) in [6.07, 6.45) is 4.15. The average molecular weight is 424 g/mol. The third-order valence-corrected chi connectivity index (χ3v) is 4.96. The van der Waals surface area contributed by atoms with Gasteiger partial charge >= 0.3 is 0 Å². The van der Waals surface area contributed by atoms with Crippen LogP contribution in [0.1, 0.15) is 42.9 Å². The zero-order valence-electron chi connectivity index (χ0n) is 14.5. The molecule has 1 aliphatic rings. The summed E-state index contributed by atoms with van der Waals surface area (Å²) in [5.74, 6) is -0.115. The van der Waals surface area contributed by atoms with Crippen LogP contribution in [0.15, 0.2) is 42.5 Å². The van der Waals surface area contributed by atoms with Gasteiger partial charge in [-0.25, -0.2) is 0 Å². The molecule has 26 heavy (non-hydrogen) atoms. The molecule has 0 bridgehead atoms. The van der Waals surface area contributed by atoms with Crippen LogP contribution < -0.4 is 5.32 Å². The van der Waals surface area contributed by atoms with Crippen LogP contribution in [0.3, 0.4) is 0 Å². The molecule has 0 aliphatic carbocycles. The van der Waals surface area contributed by atoms with Crippen molar-refractivity contribution in [3.63, 3.8) is 0 Å². The van der Waals surface area contributed by atoms with E-state index in [2.05, 4.69) is 5.32 Å². The lowest BCUT2D eigenvalue weighted by Gasteiger charge is -2.34. The number of phenols is 3. The number of nitrogens with one attached hydrogen (secondary N) is 1. The van der Waals surface area contributed by atoms with E-state index in [9.17, 15) is 20.4 Å². The first kappa shape index (κ1) is 20.6. The Morgan fingerprint density at radius 2 is 1.69 bits per heavy atom. The summed E-state index contributed by atoms with van der Waals surface area (Å²) in [6.45, 7) is 0. The monoisotopic (exact) mass is 423 g/mol. The van der Waals surface area contributed by atoms with Crippen molar-refractivity contribution < 1.29 is 20.4 Å². The summed E-state index contributed by atoms with van der Waals surface area (Å²) >= 11 is 0. The topological polar surface area (TPSA) is 93.0 Å². The van der Waals surface area contributed by atoms with Crippen LogP contribution in [0.2, 0.25) is 0 Å². The Kier molecular flexibility index (Phi) is 7.32. The largest absolute Gasteiger partial charge is 0.508 e. The molecule has 2 aromatic carbocycles. The molecule has 2 aromatic rings. The number of aromatic hydroxyl groups is 3. The van der Waals surface area contributed by atoms with Gasteiger partial charge in [0, 0.05) is 12.1 Å². The second-order valence-corrected chi connectivity index (χ2v) is 6.80. The maximum absolute atomic E-state index is 10.6. The fourth-order valence-electron chi connectivity index (χ4n) is 3.49. The number of aryl methyl sites for hydroxylation is 1. The fraction of sp³-hybridized carbons (Fsp3) is 0.400. The number of phenolic OH excluding ortho intramolecular Hbond substituents is 3. The number of aliphatic hydroxyl groups excluding tert-OH is 1. The Morgan fingerprint density at radius 1 is 0.962 bits per heavy atom. The van der Waals surface area contributed by atoms with Crippen molar-refractivity contribution >= 4 is 17.0 Å². The Bertz CT molecular complexity index is 707. The molecule has 142 valence electrons. The molecule has 1 saturated heterocycles. The second-order valence-electron chi connectivity index (χ2n) is 6.80. The molecule has 0 aromatic heterocycles. The van der Waals surface area contributed by atoms with Gasteiger partial charge in [-0.3, -0.25) is 0 Å². The maximum atomic E-state index is 10.6. The van der Waals surface area contributed by atoms with Crippen LogP contribution in [-0.2, 0) is 6.42 Å². The Balaban J connectivity index is 0.00000243. The van der Waals surface area contributed by atoms with E-state index < -0.39 is 6.10 Å². The first-order valence-electron chi connectivity index (χ1n) is 8.77. The highest BCUT2D eigenvalue weighted by atomic mass is 79.9. The van der Waals surface area contributed by atoms with E-state index in [-0.39, 0.29) is 40.3 Å². The lowest BCUT2D eigenvalue weighted by molar-refractivity contribution is 0.0997. The third-order valence-electron chi connectivity index (χ3n) is 4.96. The molecule has 0 spiro atoms. The van der Waals surface area contributed by atoms with E-state index >= 15 is 0 Å². The van der Waals surface area contributed by atoms with Crippen molar-refractivity contribution in [2.75, 3.05) is 0 Å². The van der Waals surface area contributed by atoms with Crippen LogP contribution in [0.25, 0.3) is 0 Å². The van der Waals surface area contributed by atoms with Crippen molar-refractivity contribution in [2.24, 2.45) is 0 Å². The molecule has 1 aliphatic heterocycles. The standard InChI is InChI=1S/C20H25NO4.BrH/c22-16-9-5-13(6-10-16)4-8-15-2-1-3-17(21-15)20(25)14-7-11-18(23)19(24)12-14;/h5-7,9-12,15,17,20-25H,1-4,8H2;1H. The smallest absolute Gasteiger partial charge is 0.157 e. The van der Waals surface area contributed by atoms with Crippen molar-refractivity contribution in [3.8, 4) is 17.2 Å². The van der Waals surface area contributed by atoms with Crippen molar-refractivity contribution in [1.82, 2.24) is 5.32 Å². The number of benzene rings is 2. The molecule has 0 amide bonds. The molecule has 3 unspecified atom stereocenters. The average Bonchev–Trinajstić information content (AvgIpc) is 2.63. The number of aliphatic hydroxyl groups is 1. The van der Waals surface area contributed by atoms with Gasteiger partial charge < -0.3 is 25.7 Å². The number of rotatable bonds is 5. The summed E-state index contributed by atoms with van der Waals surface area (Å²) < 4.78 is 0. The first-order valence-corrected chi connectivity index (χ1v) is 8.77. The van der Waals surface area contributed by atoms with E-state index in [1.165, 1.54) is 17.7 Å². The summed E-state index contributed by atoms with van der Waals surface area (Å²) in [6, 6.07) is 12.0. The van der Waals surface area contributed by atoms with Gasteiger partial charge in [0.1, 0.15) is 5.75 Å². The molecular weight excluding hydrogens is 398 g/mol. The van der Waals surface area contributed by atoms with Crippen molar-refractivity contribution in [3.05, 3.63) is 53.6 Å². The predicted octanol–water partition coefficient (Wildman–Crippen LogP) is 3.56. The molecule has 3 atom stereocenters. The van der Waals surface area contributed by atoms with Crippen LogP contribution in [0.4, 0.5) is 0 Å². The minimum Gasteiger partial charge on any atom is -0.508 e. The number of piperidine rings is 1. The van der Waals surface area contributed by atoms with Crippen LogP contribution in [0.5, 0.6) is 17.2 Å². The molecule has 0 saturated carbocycles. The number of hydrogen-bond donors (Lipinski definition) is 5. The fourth-order valence-corrected chi connectivity index (χ4v) is 3.49. The van der Waals surface area contributed by atoms with E-state index in [1.54, 1.807) is 18.2 Å². The third kappa shape index (κ3) is 5.13. The minimum atomic E-state index is -0.719. The molecule has 5 nitrogen and oxygen atoms in total. The Morgan fingerprint density at radius 3 is 2.38 bits per heavy atom. The molecular formula is C20H26BrNO4. The van der Waals surface area contributed by atoms with E-state index in [0.717, 1.165) is 32.1 Å². The highest BCUT2D eigenvalue weighted by molar-refractivity contribution is 8.93. The predicted molar refractivity (Wildman–Crippen MR) is 106 cm³/mol. The molecule has 1 fully saturated rings. The molecule has 1 heterocycles. The SMILES string of the molecule is Br.Oc1ccc(CCC2CCCC(C(O)c3ccc(O)c(O)c3)N2)cc1. The van der Waals surface area contributed by atoms with E-state index in [4.69, 9.17) is 0 Å². The molecule has 0 radical (unpaired) electrons. The van der Waals surface area contributed by atoms with Gasteiger partial charge in [-0.1, -0.05) is 24.6 Å². The van der Waals surface area contributed by atoms with Gasteiger partial charge in [0.05, 0.1) is 6.10 Å². The first-order chi connectivity index (χ1) is 12.0. The van der Waals surface area contributed by atoms with Gasteiger partial charge in [0.15, 0.2) is 11.5 Å². The zero-order valence-corrected chi connectivity index (χ0v) is 16.2. The van der Waals surface area contributed by atoms with Crippen molar-refractivity contribution in [1.29, 1.82) is 0 Å². The van der Waals surface area contributed by atoms with Gasteiger partial charge in [0.25, 0.3) is 0 Å². The van der Waals surface area contributed by atoms with Crippen molar-refractivity contribution in [2.45, 2.75) is 50.3 Å². The van der Waals surface area contributed by atoms with E-state index in [0.29, 0.717) is 11.6 Å². The quantitative estimate of drug-likeness (QED) is 0.474. The minimum absolute atomic E-state index is 0. The highest BCUT2D eigenvalue weighted by Gasteiger charge is 2.27. The van der Waals surface area contributed by atoms with Gasteiger partial charge in [0.2, 0.25) is 0 Å². The summed E-state index contributed by atoms with van der Waals surface area (Å²) in [7, 11) is 0. The van der Waals surface area contributed by atoms with Gasteiger partial charge in [-0.15, -0.1) is 17.0 Å².